The second-order valence-corrected chi connectivity index (χ2v) is 2.91. The number of amides is 1. The fraction of sp³-hybridized carbons (Fsp3) is 0.300. The normalized spacial score (nSPS) is 9.80. The lowest BCUT2D eigenvalue weighted by Crippen LogP contribution is -2.26. The molecule has 15 heavy (non-hydrogen) atoms. The molecule has 1 amide bonds. The quantitative estimate of drug-likeness (QED) is 0.595. The fourth-order valence-corrected chi connectivity index (χ4v) is 1.16. The molecule has 5 heteroatoms. The smallest absolute Gasteiger partial charge is 0.279 e. The zero-order valence-electron chi connectivity index (χ0n) is 8.98. The number of methoxy groups -OCH3 is 1. The average Bonchev–Trinajstić information content (AvgIpc) is 2.27. The third-order valence-electron chi connectivity index (χ3n) is 2.08. The van der Waals surface area contributed by atoms with Gasteiger partial charge in [-0.15, -0.1) is 0 Å². The molecule has 0 aromatic heterocycles. The number of nitrogen functional groups attached to an aromatic ring is 1. The Morgan fingerprint density at radius 2 is 2.07 bits per heavy atom. The van der Waals surface area contributed by atoms with E-state index < -0.39 is 0 Å². The van der Waals surface area contributed by atoms with Crippen LogP contribution in [0.1, 0.15) is 10.4 Å². The molecular formula is C10H14N2O3. The van der Waals surface area contributed by atoms with Crippen LogP contribution in [0.3, 0.4) is 0 Å². The maximum atomic E-state index is 11.7. The minimum Gasteiger partial charge on any atom is -0.495 e. The first-order valence-electron chi connectivity index (χ1n) is 4.36. The highest BCUT2D eigenvalue weighted by Gasteiger charge is 2.16. The Kier molecular flexibility index (Phi) is 3.51. The summed E-state index contributed by atoms with van der Waals surface area (Å²) in [5, 5.41) is 1.10. The van der Waals surface area contributed by atoms with Gasteiger partial charge in [-0.3, -0.25) is 9.63 Å². The molecule has 5 nitrogen and oxygen atoms in total. The Morgan fingerprint density at radius 1 is 1.40 bits per heavy atom. The predicted molar refractivity (Wildman–Crippen MR) is 56.5 cm³/mol. The van der Waals surface area contributed by atoms with Crippen molar-refractivity contribution in [3.8, 4) is 5.75 Å². The van der Waals surface area contributed by atoms with Gasteiger partial charge in [-0.05, 0) is 12.1 Å². The van der Waals surface area contributed by atoms with Crippen LogP contribution >= 0.6 is 0 Å². The Labute approximate surface area is 88.3 Å². The zero-order valence-corrected chi connectivity index (χ0v) is 8.98. The maximum Gasteiger partial charge on any atom is 0.279 e. The van der Waals surface area contributed by atoms with Gasteiger partial charge in [0.25, 0.3) is 5.91 Å². The third kappa shape index (κ3) is 2.19. The Balaban J connectivity index is 3.09. The number of rotatable bonds is 3. The molecule has 0 saturated carbocycles. The first-order valence-corrected chi connectivity index (χ1v) is 4.36. The molecule has 0 aliphatic carbocycles. The van der Waals surface area contributed by atoms with E-state index in [-0.39, 0.29) is 5.91 Å². The van der Waals surface area contributed by atoms with E-state index in [2.05, 4.69) is 0 Å². The molecule has 0 spiro atoms. The molecule has 0 radical (unpaired) electrons. The number of hydrogen-bond donors (Lipinski definition) is 1. The number of carbonyl (C=O) groups excluding carboxylic acids is 1. The number of hydrogen-bond acceptors (Lipinski definition) is 4. The van der Waals surface area contributed by atoms with E-state index in [0.29, 0.717) is 17.0 Å². The number of nitrogens with two attached hydrogens (primary N) is 1. The summed E-state index contributed by atoms with van der Waals surface area (Å²) in [6, 6.07) is 5.01. The highest BCUT2D eigenvalue weighted by molar-refractivity contribution is 5.99. The molecule has 0 unspecified atom stereocenters. The monoisotopic (exact) mass is 210 g/mol. The topological polar surface area (TPSA) is 64.8 Å². The van der Waals surface area contributed by atoms with Crippen molar-refractivity contribution in [1.82, 2.24) is 5.06 Å². The lowest BCUT2D eigenvalue weighted by atomic mass is 10.1. The number of benzene rings is 1. The van der Waals surface area contributed by atoms with E-state index in [4.69, 9.17) is 15.3 Å². The van der Waals surface area contributed by atoms with E-state index in [1.807, 2.05) is 0 Å². The molecule has 0 saturated heterocycles. The molecule has 0 atom stereocenters. The van der Waals surface area contributed by atoms with Crippen LogP contribution in [0.15, 0.2) is 18.2 Å². The second kappa shape index (κ2) is 4.65. The fourth-order valence-electron chi connectivity index (χ4n) is 1.16. The first-order chi connectivity index (χ1) is 7.11. The van der Waals surface area contributed by atoms with Crippen LogP contribution in [0, 0.1) is 0 Å². The molecule has 0 bridgehead atoms. The van der Waals surface area contributed by atoms with Crippen molar-refractivity contribution >= 4 is 11.6 Å². The molecule has 0 aliphatic heterocycles. The number of nitrogens with zero attached hydrogens (tertiary/aromatic N) is 1. The first kappa shape index (κ1) is 11.3. The molecule has 1 aromatic carbocycles. The van der Waals surface area contributed by atoms with Crippen molar-refractivity contribution in [1.29, 1.82) is 0 Å². The number of carbonyl (C=O) groups is 1. The molecule has 1 rings (SSSR count). The summed E-state index contributed by atoms with van der Waals surface area (Å²) in [6.07, 6.45) is 0. The summed E-state index contributed by atoms with van der Waals surface area (Å²) in [4.78, 5) is 16.5. The van der Waals surface area contributed by atoms with Crippen LogP contribution in [-0.4, -0.2) is 32.2 Å². The van der Waals surface area contributed by atoms with Gasteiger partial charge in [-0.25, -0.2) is 5.06 Å². The van der Waals surface area contributed by atoms with Gasteiger partial charge >= 0.3 is 0 Å². The number of para-hydroxylation sites is 1. The predicted octanol–water partition coefficient (Wildman–Crippen LogP) is 0.911. The molecular weight excluding hydrogens is 196 g/mol. The second-order valence-electron chi connectivity index (χ2n) is 2.91. The zero-order chi connectivity index (χ0) is 11.4. The van der Waals surface area contributed by atoms with E-state index in [1.54, 1.807) is 18.2 Å². The molecule has 2 N–H and O–H groups in total. The van der Waals surface area contributed by atoms with Crippen molar-refractivity contribution in [2.75, 3.05) is 27.0 Å². The van der Waals surface area contributed by atoms with Gasteiger partial charge in [0.05, 0.1) is 25.5 Å². The van der Waals surface area contributed by atoms with Crippen molar-refractivity contribution in [3.63, 3.8) is 0 Å². The molecule has 0 aliphatic rings. The van der Waals surface area contributed by atoms with Crippen LogP contribution in [-0.2, 0) is 4.84 Å². The third-order valence-corrected chi connectivity index (χ3v) is 2.08. The van der Waals surface area contributed by atoms with Crippen molar-refractivity contribution < 1.29 is 14.4 Å². The minimum absolute atomic E-state index is 0.311. The van der Waals surface area contributed by atoms with Crippen LogP contribution in [0.5, 0.6) is 5.75 Å². The Hall–Kier alpha value is -1.75. The van der Waals surface area contributed by atoms with Crippen LogP contribution < -0.4 is 10.5 Å². The van der Waals surface area contributed by atoms with Gasteiger partial charge in [-0.2, -0.15) is 0 Å². The van der Waals surface area contributed by atoms with E-state index in [1.165, 1.54) is 21.3 Å². The number of ether oxygens (including phenoxy) is 1. The lowest BCUT2D eigenvalue weighted by molar-refractivity contribution is -0.0756. The van der Waals surface area contributed by atoms with E-state index in [9.17, 15) is 4.79 Å². The average molecular weight is 210 g/mol. The summed E-state index contributed by atoms with van der Waals surface area (Å²) in [5.74, 6) is 0.166. The highest BCUT2D eigenvalue weighted by atomic mass is 16.7. The summed E-state index contributed by atoms with van der Waals surface area (Å²) in [6.45, 7) is 0. The summed E-state index contributed by atoms with van der Waals surface area (Å²) >= 11 is 0. The van der Waals surface area contributed by atoms with Crippen molar-refractivity contribution in [2.24, 2.45) is 0 Å². The highest BCUT2D eigenvalue weighted by Crippen LogP contribution is 2.25. The van der Waals surface area contributed by atoms with Gasteiger partial charge in [0, 0.05) is 7.05 Å². The van der Waals surface area contributed by atoms with Crippen LogP contribution in [0.25, 0.3) is 0 Å². The van der Waals surface area contributed by atoms with E-state index >= 15 is 0 Å². The van der Waals surface area contributed by atoms with Gasteiger partial charge in [-0.1, -0.05) is 6.07 Å². The van der Waals surface area contributed by atoms with Crippen LogP contribution in [0.2, 0.25) is 0 Å². The molecule has 0 heterocycles. The maximum absolute atomic E-state index is 11.7. The van der Waals surface area contributed by atoms with Gasteiger partial charge < -0.3 is 10.5 Å². The molecule has 0 fully saturated rings. The van der Waals surface area contributed by atoms with Crippen molar-refractivity contribution in [2.45, 2.75) is 0 Å². The van der Waals surface area contributed by atoms with Crippen molar-refractivity contribution in [3.05, 3.63) is 23.8 Å². The standard InChI is InChI=1S/C10H14N2O3/c1-12(15-3)10(13)7-5-4-6-8(14-2)9(7)11/h4-6H,11H2,1-3H3. The summed E-state index contributed by atoms with van der Waals surface area (Å²) in [5.41, 5.74) is 6.43. The SMILES string of the molecule is COc1cccc(C(=O)N(C)OC)c1N. The summed E-state index contributed by atoms with van der Waals surface area (Å²) in [7, 11) is 4.43. The van der Waals surface area contributed by atoms with Gasteiger partial charge in [0.15, 0.2) is 0 Å². The van der Waals surface area contributed by atoms with Gasteiger partial charge in [0.1, 0.15) is 5.75 Å². The molecule has 82 valence electrons. The molecule has 1 aromatic rings. The Morgan fingerprint density at radius 3 is 2.60 bits per heavy atom. The van der Waals surface area contributed by atoms with Gasteiger partial charge in [0.2, 0.25) is 0 Å². The minimum atomic E-state index is -0.311. The van der Waals surface area contributed by atoms with Crippen LogP contribution in [0.4, 0.5) is 5.69 Å². The Bertz CT molecular complexity index is 366. The summed E-state index contributed by atoms with van der Waals surface area (Å²) < 4.78 is 5.01. The number of hydroxylamine groups is 2. The van der Waals surface area contributed by atoms with E-state index in [0.717, 1.165) is 5.06 Å². The largest absolute Gasteiger partial charge is 0.495 e. The number of anilines is 1. The lowest BCUT2D eigenvalue weighted by Gasteiger charge is -2.15.